The molecule has 0 aromatic heterocycles. The lowest BCUT2D eigenvalue weighted by atomic mass is 10.0. The van der Waals surface area contributed by atoms with Crippen LogP contribution in [0.3, 0.4) is 0 Å². The van der Waals surface area contributed by atoms with Crippen LogP contribution in [0.25, 0.3) is 0 Å². The fourth-order valence-electron chi connectivity index (χ4n) is 2.16. The first kappa shape index (κ1) is 15.3. The lowest BCUT2D eigenvalue weighted by Crippen LogP contribution is -2.45. The van der Waals surface area contributed by atoms with Crippen molar-refractivity contribution in [2.45, 2.75) is 25.8 Å². The predicted molar refractivity (Wildman–Crippen MR) is 76.5 cm³/mol. The second-order valence-corrected chi connectivity index (χ2v) is 5.04. The van der Waals surface area contributed by atoms with Crippen molar-refractivity contribution in [2.24, 2.45) is 5.73 Å². The number of benzene rings is 1. The van der Waals surface area contributed by atoms with Gasteiger partial charge < -0.3 is 10.6 Å². The largest absolute Gasteiger partial charge is 0.337 e. The van der Waals surface area contributed by atoms with Crippen molar-refractivity contribution in [3.63, 3.8) is 0 Å². The molecule has 0 aliphatic carbocycles. The summed E-state index contributed by atoms with van der Waals surface area (Å²) in [7, 11) is 0. The Kier molecular flexibility index (Phi) is 5.45. The minimum atomic E-state index is -0.00912. The smallest absolute Gasteiger partial charge is 0.255 e. The van der Waals surface area contributed by atoms with Crippen LogP contribution in [0.1, 0.15) is 28.8 Å². The van der Waals surface area contributed by atoms with Gasteiger partial charge in [-0.05, 0) is 37.5 Å². The summed E-state index contributed by atoms with van der Waals surface area (Å²) in [5, 5.41) is 0.522. The highest BCUT2D eigenvalue weighted by molar-refractivity contribution is 6.33. The number of hydrogen-bond acceptors (Lipinski definition) is 2. The summed E-state index contributed by atoms with van der Waals surface area (Å²) < 4.78 is 0. The molecule has 2 N–H and O–H groups in total. The summed E-state index contributed by atoms with van der Waals surface area (Å²) in [4.78, 5) is 14.1. The first-order valence-electron chi connectivity index (χ1n) is 5.89. The molecule has 1 saturated heterocycles. The van der Waals surface area contributed by atoms with Crippen LogP contribution in [0.2, 0.25) is 5.02 Å². The van der Waals surface area contributed by atoms with E-state index in [0.717, 1.165) is 24.9 Å². The van der Waals surface area contributed by atoms with E-state index in [1.54, 1.807) is 11.0 Å². The molecular weight excluding hydrogens is 271 g/mol. The summed E-state index contributed by atoms with van der Waals surface area (Å²) >= 11 is 6.10. The maximum Gasteiger partial charge on any atom is 0.255 e. The highest BCUT2D eigenvalue weighted by atomic mass is 35.5. The molecule has 18 heavy (non-hydrogen) atoms. The SMILES string of the molecule is Cc1ccc(C(=O)N2CCC[C@@H](N)C2)c(Cl)c1.Cl. The van der Waals surface area contributed by atoms with Gasteiger partial charge in [0.25, 0.3) is 5.91 Å². The molecule has 100 valence electrons. The van der Waals surface area contributed by atoms with Gasteiger partial charge in [-0.2, -0.15) is 0 Å². The van der Waals surface area contributed by atoms with Gasteiger partial charge in [-0.25, -0.2) is 0 Å². The number of amides is 1. The Bertz CT molecular complexity index is 437. The molecule has 3 nitrogen and oxygen atoms in total. The van der Waals surface area contributed by atoms with E-state index in [4.69, 9.17) is 17.3 Å². The van der Waals surface area contributed by atoms with Crippen molar-refractivity contribution in [3.05, 3.63) is 34.3 Å². The average molecular weight is 289 g/mol. The molecule has 1 aliphatic heterocycles. The van der Waals surface area contributed by atoms with E-state index in [1.165, 1.54) is 0 Å². The van der Waals surface area contributed by atoms with Crippen molar-refractivity contribution >= 4 is 29.9 Å². The molecule has 1 aliphatic rings. The zero-order chi connectivity index (χ0) is 12.4. The molecule has 0 saturated carbocycles. The molecule has 1 fully saturated rings. The van der Waals surface area contributed by atoms with Gasteiger partial charge in [0, 0.05) is 19.1 Å². The first-order chi connectivity index (χ1) is 8.08. The van der Waals surface area contributed by atoms with Crippen molar-refractivity contribution < 1.29 is 4.79 Å². The molecule has 1 aromatic rings. The topological polar surface area (TPSA) is 46.3 Å². The Hall–Kier alpha value is -0.770. The number of piperidine rings is 1. The lowest BCUT2D eigenvalue weighted by Gasteiger charge is -2.31. The van der Waals surface area contributed by atoms with Gasteiger partial charge in [0.1, 0.15) is 0 Å². The fraction of sp³-hybridized carbons (Fsp3) is 0.462. The number of aryl methyl sites for hydroxylation is 1. The number of nitrogens with zero attached hydrogens (tertiary/aromatic N) is 1. The monoisotopic (exact) mass is 288 g/mol. The summed E-state index contributed by atoms with van der Waals surface area (Å²) in [6.45, 7) is 3.36. The number of halogens is 2. The highest BCUT2D eigenvalue weighted by Gasteiger charge is 2.23. The van der Waals surface area contributed by atoms with Crippen molar-refractivity contribution in [2.75, 3.05) is 13.1 Å². The molecule has 2 rings (SSSR count). The third kappa shape index (κ3) is 3.37. The molecule has 0 radical (unpaired) electrons. The molecule has 0 spiro atoms. The lowest BCUT2D eigenvalue weighted by molar-refractivity contribution is 0.0709. The molecular formula is C13H18Cl2N2O. The Morgan fingerprint density at radius 3 is 2.83 bits per heavy atom. The highest BCUT2D eigenvalue weighted by Crippen LogP contribution is 2.21. The van der Waals surface area contributed by atoms with Gasteiger partial charge >= 0.3 is 0 Å². The number of carbonyl (C=O) groups is 1. The van der Waals surface area contributed by atoms with Gasteiger partial charge in [0.15, 0.2) is 0 Å². The van der Waals surface area contributed by atoms with Crippen LogP contribution in [-0.4, -0.2) is 29.9 Å². The van der Waals surface area contributed by atoms with Crippen LogP contribution in [0.15, 0.2) is 18.2 Å². The van der Waals surface area contributed by atoms with E-state index in [2.05, 4.69) is 0 Å². The summed E-state index contributed by atoms with van der Waals surface area (Å²) in [5.74, 6) is -0.00912. The van der Waals surface area contributed by atoms with Crippen LogP contribution in [-0.2, 0) is 0 Å². The van der Waals surface area contributed by atoms with Crippen LogP contribution in [0, 0.1) is 6.92 Å². The van der Waals surface area contributed by atoms with E-state index in [0.29, 0.717) is 17.1 Å². The molecule has 1 amide bonds. The molecule has 1 aromatic carbocycles. The van der Waals surface area contributed by atoms with Gasteiger partial charge in [0.05, 0.1) is 10.6 Å². The maximum atomic E-state index is 12.3. The van der Waals surface area contributed by atoms with Crippen LogP contribution in [0.4, 0.5) is 0 Å². The van der Waals surface area contributed by atoms with E-state index >= 15 is 0 Å². The van der Waals surface area contributed by atoms with E-state index in [9.17, 15) is 4.79 Å². The Labute approximate surface area is 119 Å². The molecule has 0 unspecified atom stereocenters. The van der Waals surface area contributed by atoms with Gasteiger partial charge in [-0.3, -0.25) is 4.79 Å². The van der Waals surface area contributed by atoms with Crippen LogP contribution in [0.5, 0.6) is 0 Å². The third-order valence-electron chi connectivity index (χ3n) is 3.10. The Morgan fingerprint density at radius 1 is 1.50 bits per heavy atom. The van der Waals surface area contributed by atoms with Crippen LogP contribution < -0.4 is 5.73 Å². The van der Waals surface area contributed by atoms with Gasteiger partial charge in [0.2, 0.25) is 0 Å². The molecule has 0 bridgehead atoms. The zero-order valence-corrected chi connectivity index (χ0v) is 11.9. The standard InChI is InChI=1S/C13H17ClN2O.ClH/c1-9-4-5-11(12(14)7-9)13(17)16-6-2-3-10(15)8-16;/h4-5,7,10H,2-3,6,8,15H2,1H3;1H/t10-;/m1./s1. The fourth-order valence-corrected chi connectivity index (χ4v) is 2.47. The van der Waals surface area contributed by atoms with Gasteiger partial charge in [-0.1, -0.05) is 17.7 Å². The van der Waals surface area contributed by atoms with Crippen molar-refractivity contribution in [1.82, 2.24) is 4.90 Å². The zero-order valence-electron chi connectivity index (χ0n) is 10.4. The quantitative estimate of drug-likeness (QED) is 0.864. The summed E-state index contributed by atoms with van der Waals surface area (Å²) in [6, 6.07) is 5.61. The van der Waals surface area contributed by atoms with Crippen molar-refractivity contribution in [1.29, 1.82) is 0 Å². The second-order valence-electron chi connectivity index (χ2n) is 4.64. The third-order valence-corrected chi connectivity index (χ3v) is 3.41. The van der Waals surface area contributed by atoms with E-state index in [1.807, 2.05) is 19.1 Å². The summed E-state index contributed by atoms with van der Waals surface area (Å²) in [5.41, 5.74) is 7.51. The second kappa shape index (κ2) is 6.41. The average Bonchev–Trinajstić information content (AvgIpc) is 2.28. The van der Waals surface area contributed by atoms with E-state index < -0.39 is 0 Å². The number of rotatable bonds is 1. The minimum Gasteiger partial charge on any atom is -0.337 e. The van der Waals surface area contributed by atoms with E-state index in [-0.39, 0.29) is 24.4 Å². The molecule has 5 heteroatoms. The predicted octanol–water partition coefficient (Wildman–Crippen LogP) is 2.63. The first-order valence-corrected chi connectivity index (χ1v) is 6.26. The number of nitrogens with two attached hydrogens (primary N) is 1. The van der Waals surface area contributed by atoms with Crippen molar-refractivity contribution in [3.8, 4) is 0 Å². The number of carbonyl (C=O) groups excluding carboxylic acids is 1. The molecule has 1 atom stereocenters. The number of likely N-dealkylation sites (tertiary alicyclic amines) is 1. The Morgan fingerprint density at radius 2 is 2.22 bits per heavy atom. The normalized spacial score (nSPS) is 19.3. The molecule has 1 heterocycles. The Balaban J connectivity index is 0.00000162. The van der Waals surface area contributed by atoms with Gasteiger partial charge in [-0.15, -0.1) is 12.4 Å². The minimum absolute atomic E-state index is 0. The maximum absolute atomic E-state index is 12.3. The van der Waals surface area contributed by atoms with Crippen LogP contribution >= 0.6 is 24.0 Å². The summed E-state index contributed by atoms with van der Waals surface area (Å²) in [6.07, 6.45) is 1.96. The number of hydrogen-bond donors (Lipinski definition) is 1.